The topological polar surface area (TPSA) is 119 Å². The van der Waals surface area contributed by atoms with E-state index in [0.29, 0.717) is 16.1 Å². The molecule has 0 bridgehead atoms. The molecule has 3 rings (SSSR count). The van der Waals surface area contributed by atoms with Gasteiger partial charge in [-0.25, -0.2) is 8.42 Å². The number of halogens is 4. The number of hydrogen-bond acceptors (Lipinski definition) is 6. The van der Waals surface area contributed by atoms with Crippen molar-refractivity contribution in [2.75, 3.05) is 23.3 Å². The van der Waals surface area contributed by atoms with E-state index in [4.69, 9.17) is 16.3 Å². The summed E-state index contributed by atoms with van der Waals surface area (Å²) in [6.07, 6.45) is -4.85. The summed E-state index contributed by atoms with van der Waals surface area (Å²) in [5.41, 5.74) is -2.14. The fraction of sp³-hybridized carbons (Fsp3) is 0.174. The number of nitrogens with zero attached hydrogens (tertiary/aromatic N) is 2. The normalized spacial score (nSPS) is 11.6. The largest absolute Gasteiger partial charge is 0.497 e. The van der Waals surface area contributed by atoms with Crippen LogP contribution in [0.25, 0.3) is 0 Å². The highest BCUT2D eigenvalue weighted by atomic mass is 35.5. The van der Waals surface area contributed by atoms with E-state index in [-0.39, 0.29) is 16.3 Å². The molecule has 0 saturated heterocycles. The molecule has 0 heterocycles. The van der Waals surface area contributed by atoms with Crippen molar-refractivity contribution in [1.82, 2.24) is 0 Å². The second kappa shape index (κ2) is 10.6. The highest BCUT2D eigenvalue weighted by molar-refractivity contribution is 7.92. The molecule has 9 nitrogen and oxygen atoms in total. The lowest BCUT2D eigenvalue weighted by Gasteiger charge is -2.24. The van der Waals surface area contributed by atoms with Gasteiger partial charge >= 0.3 is 6.18 Å². The fourth-order valence-electron chi connectivity index (χ4n) is 3.32. The molecule has 0 aliphatic carbocycles. The van der Waals surface area contributed by atoms with Crippen LogP contribution in [0, 0.1) is 17.0 Å². The Labute approximate surface area is 214 Å². The molecule has 0 fully saturated rings. The average molecular weight is 558 g/mol. The molecule has 1 N–H and O–H groups in total. The van der Waals surface area contributed by atoms with Gasteiger partial charge in [-0.15, -0.1) is 0 Å². The summed E-state index contributed by atoms with van der Waals surface area (Å²) in [5, 5.41) is 13.2. The quantitative estimate of drug-likeness (QED) is 0.292. The number of rotatable bonds is 8. The number of hydrogen-bond donors (Lipinski definition) is 1. The molecular formula is C23H19ClF3N3O6S. The molecule has 14 heteroatoms. The number of anilines is 2. The molecular weight excluding hydrogens is 539 g/mol. The van der Waals surface area contributed by atoms with Crippen LogP contribution < -0.4 is 14.4 Å². The van der Waals surface area contributed by atoms with Crippen LogP contribution in [0.15, 0.2) is 65.6 Å². The Balaban J connectivity index is 2.04. The Bertz CT molecular complexity index is 1450. The van der Waals surface area contributed by atoms with Crippen LogP contribution >= 0.6 is 11.6 Å². The van der Waals surface area contributed by atoms with Crippen molar-refractivity contribution in [2.24, 2.45) is 0 Å². The van der Waals surface area contributed by atoms with Crippen molar-refractivity contribution in [3.8, 4) is 5.75 Å². The molecule has 3 aromatic carbocycles. The number of nitro groups is 1. The third-order valence-electron chi connectivity index (χ3n) is 5.17. The zero-order valence-electron chi connectivity index (χ0n) is 19.2. The molecule has 196 valence electrons. The maximum atomic E-state index is 13.5. The van der Waals surface area contributed by atoms with Gasteiger partial charge in [0.2, 0.25) is 5.91 Å². The van der Waals surface area contributed by atoms with Gasteiger partial charge in [0.15, 0.2) is 0 Å². The van der Waals surface area contributed by atoms with Crippen molar-refractivity contribution >= 4 is 44.6 Å². The first-order valence-corrected chi connectivity index (χ1v) is 12.1. The Hall–Kier alpha value is -3.84. The van der Waals surface area contributed by atoms with E-state index in [0.717, 1.165) is 24.3 Å². The molecule has 0 spiro atoms. The van der Waals surface area contributed by atoms with Gasteiger partial charge in [-0.2, -0.15) is 13.2 Å². The maximum Gasteiger partial charge on any atom is 0.418 e. The first kappa shape index (κ1) is 27.7. The number of sulfonamides is 1. The number of ether oxygens (including phenoxy) is 1. The van der Waals surface area contributed by atoms with Crippen LogP contribution in [0.4, 0.5) is 30.2 Å². The standard InChI is InChI=1S/C23H19ClF3N3O6S/c1-14-3-9-18(12-21(14)30(32)33)37(34,35)29(16-5-7-17(36-2)8-6-16)13-22(31)28-20-10-4-15(24)11-19(20)23(25,26)27/h3-12H,13H2,1-2H3,(H,28,31). The lowest BCUT2D eigenvalue weighted by molar-refractivity contribution is -0.385. The number of nitro benzene ring substituents is 1. The van der Waals surface area contributed by atoms with Gasteiger partial charge in [0.25, 0.3) is 15.7 Å². The molecule has 3 aromatic rings. The number of alkyl halides is 3. The monoisotopic (exact) mass is 557 g/mol. The van der Waals surface area contributed by atoms with Crippen molar-refractivity contribution in [1.29, 1.82) is 0 Å². The number of nitrogens with one attached hydrogen (secondary N) is 1. The molecule has 37 heavy (non-hydrogen) atoms. The van der Waals surface area contributed by atoms with Gasteiger partial charge in [0, 0.05) is 16.7 Å². The number of carbonyl (C=O) groups is 1. The lowest BCUT2D eigenvalue weighted by Crippen LogP contribution is -2.38. The number of aryl methyl sites for hydroxylation is 1. The van der Waals surface area contributed by atoms with E-state index in [2.05, 4.69) is 5.32 Å². The Kier molecular flexibility index (Phi) is 7.98. The molecule has 0 aliphatic heterocycles. The summed E-state index contributed by atoms with van der Waals surface area (Å²) in [5.74, 6) is -0.735. The van der Waals surface area contributed by atoms with Gasteiger partial charge < -0.3 is 10.1 Å². The van der Waals surface area contributed by atoms with Gasteiger partial charge in [-0.05, 0) is 55.5 Å². The molecule has 0 unspecified atom stereocenters. The highest BCUT2D eigenvalue weighted by Crippen LogP contribution is 2.37. The van der Waals surface area contributed by atoms with Crippen LogP contribution in [0.5, 0.6) is 5.75 Å². The summed E-state index contributed by atoms with van der Waals surface area (Å²) in [7, 11) is -3.21. The molecule has 0 atom stereocenters. The minimum absolute atomic E-state index is 0.0358. The fourth-order valence-corrected chi connectivity index (χ4v) is 4.93. The summed E-state index contributed by atoms with van der Waals surface area (Å²) < 4.78 is 73.0. The van der Waals surface area contributed by atoms with E-state index in [1.54, 1.807) is 0 Å². The lowest BCUT2D eigenvalue weighted by atomic mass is 10.1. The smallest absolute Gasteiger partial charge is 0.418 e. The predicted octanol–water partition coefficient (Wildman–Crippen LogP) is 5.42. The van der Waals surface area contributed by atoms with Gasteiger partial charge in [-0.3, -0.25) is 19.2 Å². The number of benzene rings is 3. The zero-order chi connectivity index (χ0) is 27.5. The van der Waals surface area contributed by atoms with E-state index in [1.807, 2.05) is 0 Å². The number of methoxy groups -OCH3 is 1. The SMILES string of the molecule is COc1ccc(N(CC(=O)Nc2ccc(Cl)cc2C(F)(F)F)S(=O)(=O)c2ccc(C)c([N+](=O)[O-])c2)cc1. The predicted molar refractivity (Wildman–Crippen MR) is 130 cm³/mol. The summed E-state index contributed by atoms with van der Waals surface area (Å²) in [6, 6.07) is 11.4. The molecule has 0 aromatic heterocycles. The van der Waals surface area contributed by atoms with Crippen molar-refractivity contribution in [2.45, 2.75) is 18.0 Å². The van der Waals surface area contributed by atoms with E-state index >= 15 is 0 Å². The summed E-state index contributed by atoms with van der Waals surface area (Å²) in [4.78, 5) is 22.9. The molecule has 0 radical (unpaired) electrons. The minimum atomic E-state index is -4.85. The van der Waals surface area contributed by atoms with Crippen molar-refractivity contribution < 1.29 is 36.0 Å². The second-order valence-electron chi connectivity index (χ2n) is 7.65. The van der Waals surface area contributed by atoms with Crippen LogP contribution in [-0.4, -0.2) is 32.9 Å². The van der Waals surface area contributed by atoms with Crippen molar-refractivity contribution in [3.05, 3.63) is 86.9 Å². The van der Waals surface area contributed by atoms with E-state index in [9.17, 15) is 36.5 Å². The molecule has 0 aliphatic rings. The number of amides is 1. The van der Waals surface area contributed by atoms with Gasteiger partial charge in [-0.1, -0.05) is 17.7 Å². The second-order valence-corrected chi connectivity index (χ2v) is 9.95. The minimum Gasteiger partial charge on any atom is -0.497 e. The highest BCUT2D eigenvalue weighted by Gasteiger charge is 2.35. The van der Waals surface area contributed by atoms with Crippen LogP contribution in [-0.2, 0) is 21.0 Å². The number of carbonyl (C=O) groups excluding carboxylic acids is 1. The third-order valence-corrected chi connectivity index (χ3v) is 7.18. The maximum absolute atomic E-state index is 13.5. The zero-order valence-corrected chi connectivity index (χ0v) is 20.8. The molecule has 1 amide bonds. The van der Waals surface area contributed by atoms with E-state index in [1.165, 1.54) is 44.4 Å². The van der Waals surface area contributed by atoms with Crippen LogP contribution in [0.1, 0.15) is 11.1 Å². The summed E-state index contributed by atoms with van der Waals surface area (Å²) >= 11 is 5.66. The van der Waals surface area contributed by atoms with Crippen LogP contribution in [0.3, 0.4) is 0 Å². The Morgan fingerprint density at radius 2 is 1.76 bits per heavy atom. The van der Waals surface area contributed by atoms with Gasteiger partial charge in [0.1, 0.15) is 12.3 Å². The Morgan fingerprint density at radius 3 is 2.32 bits per heavy atom. The molecule has 0 saturated carbocycles. The average Bonchev–Trinajstić information content (AvgIpc) is 2.83. The third kappa shape index (κ3) is 6.30. The van der Waals surface area contributed by atoms with Gasteiger partial charge in [0.05, 0.1) is 33.9 Å². The van der Waals surface area contributed by atoms with Crippen molar-refractivity contribution in [3.63, 3.8) is 0 Å². The first-order valence-electron chi connectivity index (χ1n) is 10.3. The first-order chi connectivity index (χ1) is 17.2. The Morgan fingerprint density at radius 1 is 1.11 bits per heavy atom. The van der Waals surface area contributed by atoms with E-state index < -0.39 is 55.4 Å². The summed E-state index contributed by atoms with van der Waals surface area (Å²) in [6.45, 7) is 0.476. The van der Waals surface area contributed by atoms with Crippen LogP contribution in [0.2, 0.25) is 5.02 Å².